The minimum atomic E-state index is -2.53. The minimum Gasteiger partial charge on any atom is -0.320 e. The standard InChI is InChI=1S/C26H34OP.C23H22N.Ir/c27-28(24-4-2-1-3-5-24,25-12-18-6-19(13-25)8-20(7-18)14-25)26-15-21-9-22(16-26)11-23(10-21)17-26;1-3-7-18(8-4-1)19-11-13-20(14-12-19)22-15-16-24-23(17-22)21-9-5-2-6-10-21;/h1-4,18-23H,6-17H2;1-9,15-17,19-20H,11-14H2;/q2*-1;. The summed E-state index contributed by atoms with van der Waals surface area (Å²) in [6.45, 7) is 0. The van der Waals surface area contributed by atoms with Crippen molar-refractivity contribution < 1.29 is 24.7 Å². The molecule has 9 aliphatic rings. The first kappa shape index (κ1) is 36.3. The predicted octanol–water partition coefficient (Wildman–Crippen LogP) is 12.4. The quantitative estimate of drug-likeness (QED) is 0.143. The SMILES string of the molecule is O=P(c1[c-]cccc1)(C12CC3CC(CC(C3)C1)C2)C12CC3CC(CC(C3)C1)C2.[Ir].[c-]1ccccc1-c1cc(C2CCC(c3ccccc3)CC2)ccn1. The van der Waals surface area contributed by atoms with E-state index in [-0.39, 0.29) is 30.4 Å². The zero-order chi connectivity index (χ0) is 34.8. The number of nitrogens with zero attached hydrogens (tertiary/aromatic N) is 1. The van der Waals surface area contributed by atoms with Gasteiger partial charge >= 0.3 is 0 Å². The van der Waals surface area contributed by atoms with Gasteiger partial charge in [-0.2, -0.15) is 30.3 Å². The van der Waals surface area contributed by atoms with Crippen LogP contribution in [0.3, 0.4) is 0 Å². The Hall–Kier alpha value is -2.31. The Morgan fingerprint density at radius 3 is 1.49 bits per heavy atom. The van der Waals surface area contributed by atoms with E-state index in [1.54, 1.807) is 0 Å². The molecule has 1 heterocycles. The molecule has 0 aliphatic heterocycles. The van der Waals surface area contributed by atoms with Gasteiger partial charge in [-0.3, -0.25) is 0 Å². The summed E-state index contributed by atoms with van der Waals surface area (Å²) in [5.74, 6) is 6.62. The summed E-state index contributed by atoms with van der Waals surface area (Å²) >= 11 is 0. The second-order valence-corrected chi connectivity index (χ2v) is 22.4. The maximum Gasteiger partial charge on any atom is 0.104 e. The van der Waals surface area contributed by atoms with Crippen LogP contribution in [-0.4, -0.2) is 15.3 Å². The van der Waals surface area contributed by atoms with Crippen molar-refractivity contribution in [3.8, 4) is 11.3 Å². The number of hydrogen-bond donors (Lipinski definition) is 0. The summed E-state index contributed by atoms with van der Waals surface area (Å²) in [6.07, 6.45) is 23.4. The van der Waals surface area contributed by atoms with Gasteiger partial charge in [-0.25, -0.2) is 0 Å². The fourth-order valence-electron chi connectivity index (χ4n) is 14.4. The Morgan fingerprint density at radius 1 is 0.547 bits per heavy atom. The molecular formula is C49H56IrNOP-2. The Balaban J connectivity index is 0.000000140. The molecule has 0 saturated heterocycles. The van der Waals surface area contributed by atoms with Gasteiger partial charge in [0.1, 0.15) is 7.14 Å². The predicted molar refractivity (Wildman–Crippen MR) is 213 cm³/mol. The first-order valence-electron chi connectivity index (χ1n) is 21.0. The van der Waals surface area contributed by atoms with Crippen LogP contribution >= 0.6 is 7.14 Å². The van der Waals surface area contributed by atoms with Crippen molar-refractivity contribution in [3.63, 3.8) is 0 Å². The van der Waals surface area contributed by atoms with Crippen LogP contribution < -0.4 is 5.30 Å². The molecular weight excluding hydrogens is 842 g/mol. The Bertz CT molecular complexity index is 1780. The number of hydrogen-bond acceptors (Lipinski definition) is 2. The molecule has 2 nitrogen and oxygen atoms in total. The molecule has 0 atom stereocenters. The van der Waals surface area contributed by atoms with Crippen LogP contribution in [0.5, 0.6) is 0 Å². The first-order valence-corrected chi connectivity index (χ1v) is 22.7. The summed E-state index contributed by atoms with van der Waals surface area (Å²) < 4.78 is 15.9. The van der Waals surface area contributed by atoms with Crippen molar-refractivity contribution in [2.75, 3.05) is 0 Å². The van der Waals surface area contributed by atoms with Crippen LogP contribution in [0, 0.1) is 47.6 Å². The van der Waals surface area contributed by atoms with E-state index < -0.39 is 7.14 Å². The van der Waals surface area contributed by atoms with E-state index in [9.17, 15) is 0 Å². The van der Waals surface area contributed by atoms with E-state index in [0.717, 1.165) is 52.7 Å². The zero-order valence-corrected chi connectivity index (χ0v) is 34.6. The summed E-state index contributed by atoms with van der Waals surface area (Å²) in [6, 6.07) is 38.9. The molecule has 53 heavy (non-hydrogen) atoms. The second kappa shape index (κ2) is 14.6. The zero-order valence-electron chi connectivity index (χ0n) is 31.3. The molecule has 4 heteroatoms. The topological polar surface area (TPSA) is 30.0 Å². The smallest absolute Gasteiger partial charge is 0.104 e. The molecule has 0 N–H and O–H groups in total. The number of rotatable bonds is 6. The van der Waals surface area contributed by atoms with Crippen LogP contribution in [0.2, 0.25) is 0 Å². The van der Waals surface area contributed by atoms with Gasteiger partial charge in [0.05, 0.1) is 0 Å². The second-order valence-electron chi connectivity index (χ2n) is 18.9. The van der Waals surface area contributed by atoms with E-state index >= 15 is 4.57 Å². The summed E-state index contributed by atoms with van der Waals surface area (Å²) in [5.41, 5.74) is 5.06. The third-order valence-corrected chi connectivity index (χ3v) is 20.3. The van der Waals surface area contributed by atoms with E-state index in [2.05, 4.69) is 89.9 Å². The minimum absolute atomic E-state index is 0. The molecule has 1 radical (unpaired) electrons. The summed E-state index contributed by atoms with van der Waals surface area (Å²) in [7, 11) is -2.53. The maximum atomic E-state index is 15.9. The molecule has 0 spiro atoms. The molecule has 9 fully saturated rings. The molecule has 9 aliphatic carbocycles. The molecule has 0 unspecified atom stereocenters. The van der Waals surface area contributed by atoms with Gasteiger partial charge in [0.25, 0.3) is 0 Å². The van der Waals surface area contributed by atoms with Crippen molar-refractivity contribution in [1.82, 2.24) is 4.98 Å². The van der Waals surface area contributed by atoms with Crippen molar-refractivity contribution in [3.05, 3.63) is 120 Å². The van der Waals surface area contributed by atoms with Crippen LogP contribution in [0.1, 0.15) is 126 Å². The van der Waals surface area contributed by atoms with Gasteiger partial charge < -0.3 is 9.55 Å². The Morgan fingerprint density at radius 2 is 1.02 bits per heavy atom. The number of benzene rings is 3. The fraction of sp³-hybridized carbons (Fsp3) is 0.531. The largest absolute Gasteiger partial charge is 0.320 e. The summed E-state index contributed by atoms with van der Waals surface area (Å²) in [4.78, 5) is 4.54. The average Bonchev–Trinajstić information content (AvgIpc) is 3.18. The van der Waals surface area contributed by atoms with Gasteiger partial charge in [0, 0.05) is 36.6 Å². The molecule has 9 saturated carbocycles. The summed E-state index contributed by atoms with van der Waals surface area (Å²) in [5, 5.41) is 1.43. The first-order chi connectivity index (χ1) is 25.5. The maximum absolute atomic E-state index is 15.9. The van der Waals surface area contributed by atoms with E-state index in [0.29, 0.717) is 5.92 Å². The van der Waals surface area contributed by atoms with Gasteiger partial charge in [-0.05, 0) is 167 Å². The average molecular weight is 898 g/mol. The third-order valence-electron chi connectivity index (χ3n) is 15.6. The molecule has 279 valence electrons. The normalized spacial score (nSPS) is 37.2. The van der Waals surface area contributed by atoms with Crippen molar-refractivity contribution in [2.45, 2.75) is 125 Å². The monoisotopic (exact) mass is 898 g/mol. The van der Waals surface area contributed by atoms with Crippen molar-refractivity contribution in [2.24, 2.45) is 35.5 Å². The molecule has 1 aromatic heterocycles. The van der Waals surface area contributed by atoms with Gasteiger partial charge in [-0.15, -0.1) is 41.2 Å². The van der Waals surface area contributed by atoms with E-state index in [4.69, 9.17) is 0 Å². The van der Waals surface area contributed by atoms with Crippen molar-refractivity contribution >= 4 is 12.4 Å². The molecule has 0 amide bonds. The Kier molecular flexibility index (Phi) is 10.0. The van der Waals surface area contributed by atoms with Crippen LogP contribution in [0.15, 0.2) is 97.2 Å². The molecule has 3 aromatic carbocycles. The molecule has 13 rings (SSSR count). The van der Waals surface area contributed by atoms with Crippen LogP contribution in [0.4, 0.5) is 0 Å². The van der Waals surface area contributed by atoms with Crippen LogP contribution in [0.25, 0.3) is 11.3 Å². The van der Waals surface area contributed by atoms with Gasteiger partial charge in [0.2, 0.25) is 0 Å². The Labute approximate surface area is 332 Å². The number of aromatic nitrogens is 1. The number of pyridine rings is 1. The van der Waals surface area contributed by atoms with Gasteiger partial charge in [0.15, 0.2) is 0 Å². The molecule has 4 aromatic rings. The van der Waals surface area contributed by atoms with Crippen molar-refractivity contribution in [1.29, 1.82) is 0 Å². The van der Waals surface area contributed by atoms with Gasteiger partial charge in [-0.1, -0.05) is 42.0 Å². The van der Waals surface area contributed by atoms with E-state index in [1.807, 2.05) is 24.4 Å². The third kappa shape index (κ3) is 6.52. The fourth-order valence-corrected chi connectivity index (χ4v) is 20.1. The van der Waals surface area contributed by atoms with E-state index in [1.165, 1.54) is 119 Å². The van der Waals surface area contributed by atoms with Crippen LogP contribution in [-0.2, 0) is 24.7 Å². The molecule has 8 bridgehead atoms.